The number of carbonyl (C=O) groups is 1. The van der Waals surface area contributed by atoms with E-state index in [4.69, 9.17) is 5.73 Å². The van der Waals surface area contributed by atoms with Crippen molar-refractivity contribution in [1.29, 1.82) is 0 Å². The van der Waals surface area contributed by atoms with Crippen molar-refractivity contribution in [2.45, 2.75) is 20.4 Å². The van der Waals surface area contributed by atoms with Crippen LogP contribution in [-0.4, -0.2) is 12.5 Å². The molecule has 0 aliphatic rings. The zero-order valence-corrected chi connectivity index (χ0v) is 11.8. The SMILES string of the molecule is CC(C)(CNCc1c(F)ccc(Br)c1F)C(N)=O. The number of carbonyl (C=O) groups excluding carboxylic acids is 1. The van der Waals surface area contributed by atoms with Crippen LogP contribution >= 0.6 is 15.9 Å². The first-order chi connectivity index (χ1) is 8.25. The Morgan fingerprint density at radius 2 is 2.06 bits per heavy atom. The molecule has 3 N–H and O–H groups in total. The largest absolute Gasteiger partial charge is 0.369 e. The van der Waals surface area contributed by atoms with Crippen LogP contribution in [0.25, 0.3) is 0 Å². The van der Waals surface area contributed by atoms with Crippen molar-refractivity contribution < 1.29 is 13.6 Å². The summed E-state index contributed by atoms with van der Waals surface area (Å²) in [6, 6.07) is 2.49. The van der Waals surface area contributed by atoms with Gasteiger partial charge in [-0.05, 0) is 41.9 Å². The number of rotatable bonds is 5. The van der Waals surface area contributed by atoms with Crippen LogP contribution in [0.15, 0.2) is 16.6 Å². The maximum Gasteiger partial charge on any atom is 0.224 e. The molecule has 1 amide bonds. The van der Waals surface area contributed by atoms with Gasteiger partial charge in [0, 0.05) is 18.7 Å². The number of nitrogens with two attached hydrogens (primary N) is 1. The fourth-order valence-electron chi connectivity index (χ4n) is 1.32. The summed E-state index contributed by atoms with van der Waals surface area (Å²) >= 11 is 2.99. The molecule has 0 saturated heterocycles. The van der Waals surface area contributed by atoms with Crippen molar-refractivity contribution in [3.05, 3.63) is 33.8 Å². The lowest BCUT2D eigenvalue weighted by Crippen LogP contribution is -2.40. The molecule has 0 atom stereocenters. The summed E-state index contributed by atoms with van der Waals surface area (Å²) in [5, 5.41) is 2.83. The molecule has 100 valence electrons. The first kappa shape index (κ1) is 15.0. The number of primary amides is 1. The van der Waals surface area contributed by atoms with Crippen LogP contribution in [-0.2, 0) is 11.3 Å². The van der Waals surface area contributed by atoms with Gasteiger partial charge >= 0.3 is 0 Å². The van der Waals surface area contributed by atoms with E-state index < -0.39 is 23.0 Å². The van der Waals surface area contributed by atoms with E-state index in [0.29, 0.717) is 0 Å². The van der Waals surface area contributed by atoms with Crippen molar-refractivity contribution in [2.24, 2.45) is 11.1 Å². The molecule has 18 heavy (non-hydrogen) atoms. The first-order valence-corrected chi connectivity index (χ1v) is 6.18. The molecule has 0 aliphatic carbocycles. The van der Waals surface area contributed by atoms with Crippen molar-refractivity contribution in [1.82, 2.24) is 5.32 Å². The summed E-state index contributed by atoms with van der Waals surface area (Å²) in [5.41, 5.74) is 4.37. The van der Waals surface area contributed by atoms with Crippen molar-refractivity contribution in [3.63, 3.8) is 0 Å². The number of amides is 1. The van der Waals surface area contributed by atoms with Gasteiger partial charge in [-0.15, -0.1) is 0 Å². The Bertz CT molecular complexity index is 464. The molecule has 0 aromatic heterocycles. The molecular formula is C12H15BrF2N2O. The third-order valence-electron chi connectivity index (χ3n) is 2.67. The number of nitrogens with one attached hydrogen (secondary N) is 1. The van der Waals surface area contributed by atoms with Gasteiger partial charge in [0.2, 0.25) is 5.91 Å². The molecule has 0 heterocycles. The van der Waals surface area contributed by atoms with Crippen LogP contribution in [0.4, 0.5) is 8.78 Å². The molecular weight excluding hydrogens is 306 g/mol. The third kappa shape index (κ3) is 3.49. The number of hydrogen-bond donors (Lipinski definition) is 2. The number of hydrogen-bond acceptors (Lipinski definition) is 2. The molecule has 0 spiro atoms. The fourth-order valence-corrected chi connectivity index (χ4v) is 1.69. The summed E-state index contributed by atoms with van der Waals surface area (Å²) in [7, 11) is 0. The molecule has 6 heteroatoms. The summed E-state index contributed by atoms with van der Waals surface area (Å²) in [5.74, 6) is -1.73. The standard InChI is InChI=1S/C12H15BrF2N2O/c1-12(2,11(16)18)6-17-5-7-9(14)4-3-8(13)10(7)15/h3-4,17H,5-6H2,1-2H3,(H2,16,18). The lowest BCUT2D eigenvalue weighted by molar-refractivity contribution is -0.125. The van der Waals surface area contributed by atoms with Gasteiger partial charge in [0.1, 0.15) is 11.6 Å². The molecule has 0 bridgehead atoms. The zero-order chi connectivity index (χ0) is 13.9. The Hall–Kier alpha value is -1.01. The highest BCUT2D eigenvalue weighted by Crippen LogP contribution is 2.21. The quantitative estimate of drug-likeness (QED) is 0.818. The van der Waals surface area contributed by atoms with E-state index in [9.17, 15) is 13.6 Å². The molecule has 1 aromatic rings. The summed E-state index contributed by atoms with van der Waals surface area (Å²) in [4.78, 5) is 11.1. The van der Waals surface area contributed by atoms with Crippen LogP contribution in [0.5, 0.6) is 0 Å². The van der Waals surface area contributed by atoms with Crippen molar-refractivity contribution in [3.8, 4) is 0 Å². The molecule has 0 fully saturated rings. The van der Waals surface area contributed by atoms with Gasteiger partial charge in [0.15, 0.2) is 0 Å². The van der Waals surface area contributed by atoms with E-state index in [1.54, 1.807) is 13.8 Å². The average molecular weight is 321 g/mol. The highest BCUT2D eigenvalue weighted by atomic mass is 79.9. The first-order valence-electron chi connectivity index (χ1n) is 5.38. The Morgan fingerprint density at radius 3 is 2.61 bits per heavy atom. The van der Waals surface area contributed by atoms with Crippen LogP contribution in [0, 0.1) is 17.0 Å². The predicted octanol–water partition coefficient (Wildman–Crippen LogP) is 2.33. The maximum absolute atomic E-state index is 13.6. The van der Waals surface area contributed by atoms with Crippen LogP contribution in [0.3, 0.4) is 0 Å². The minimum Gasteiger partial charge on any atom is -0.369 e. The van der Waals surface area contributed by atoms with Gasteiger partial charge in [-0.25, -0.2) is 8.78 Å². The Labute approximate surface area is 113 Å². The Balaban J connectivity index is 2.71. The van der Waals surface area contributed by atoms with Crippen molar-refractivity contribution in [2.75, 3.05) is 6.54 Å². The van der Waals surface area contributed by atoms with Crippen molar-refractivity contribution >= 4 is 21.8 Å². The average Bonchev–Trinajstić information content (AvgIpc) is 2.28. The smallest absolute Gasteiger partial charge is 0.224 e. The normalized spacial score (nSPS) is 11.6. The minimum absolute atomic E-state index is 0.00613. The monoisotopic (exact) mass is 320 g/mol. The van der Waals surface area contributed by atoms with Gasteiger partial charge in [-0.3, -0.25) is 4.79 Å². The van der Waals surface area contributed by atoms with E-state index in [-0.39, 0.29) is 23.1 Å². The van der Waals surface area contributed by atoms with E-state index in [2.05, 4.69) is 21.2 Å². The van der Waals surface area contributed by atoms with E-state index >= 15 is 0 Å². The molecule has 0 saturated carbocycles. The van der Waals surface area contributed by atoms with Gasteiger partial charge in [0.05, 0.1) is 9.89 Å². The zero-order valence-electron chi connectivity index (χ0n) is 10.2. The minimum atomic E-state index is -0.765. The number of benzene rings is 1. The summed E-state index contributed by atoms with van der Waals surface area (Å²) < 4.78 is 27.2. The summed E-state index contributed by atoms with van der Waals surface area (Å²) in [6.45, 7) is 3.56. The second-order valence-electron chi connectivity index (χ2n) is 4.67. The van der Waals surface area contributed by atoms with Crippen LogP contribution in [0.2, 0.25) is 0 Å². The van der Waals surface area contributed by atoms with E-state index in [1.807, 2.05) is 0 Å². The van der Waals surface area contributed by atoms with Gasteiger partial charge in [-0.2, -0.15) is 0 Å². The molecule has 0 aliphatic heterocycles. The second-order valence-corrected chi connectivity index (χ2v) is 5.53. The lowest BCUT2D eigenvalue weighted by atomic mass is 9.93. The lowest BCUT2D eigenvalue weighted by Gasteiger charge is -2.21. The topological polar surface area (TPSA) is 55.1 Å². The predicted molar refractivity (Wildman–Crippen MR) is 68.7 cm³/mol. The highest BCUT2D eigenvalue weighted by Gasteiger charge is 2.24. The van der Waals surface area contributed by atoms with E-state index in [1.165, 1.54) is 12.1 Å². The maximum atomic E-state index is 13.6. The second kappa shape index (κ2) is 5.75. The van der Waals surface area contributed by atoms with E-state index in [0.717, 1.165) is 0 Å². The van der Waals surface area contributed by atoms with Gasteiger partial charge < -0.3 is 11.1 Å². The molecule has 1 aromatic carbocycles. The molecule has 3 nitrogen and oxygen atoms in total. The summed E-state index contributed by atoms with van der Waals surface area (Å²) in [6.07, 6.45) is 0. The van der Waals surface area contributed by atoms with Crippen LogP contribution < -0.4 is 11.1 Å². The number of halogens is 3. The fraction of sp³-hybridized carbons (Fsp3) is 0.417. The van der Waals surface area contributed by atoms with Gasteiger partial charge in [0.25, 0.3) is 0 Å². The third-order valence-corrected chi connectivity index (χ3v) is 3.29. The molecule has 0 radical (unpaired) electrons. The van der Waals surface area contributed by atoms with Crippen LogP contribution in [0.1, 0.15) is 19.4 Å². The Kier molecular flexibility index (Phi) is 4.81. The molecule has 0 unspecified atom stereocenters. The highest BCUT2D eigenvalue weighted by molar-refractivity contribution is 9.10. The Morgan fingerprint density at radius 1 is 1.44 bits per heavy atom. The van der Waals surface area contributed by atoms with Gasteiger partial charge in [-0.1, -0.05) is 0 Å². The molecule has 1 rings (SSSR count).